The van der Waals surface area contributed by atoms with E-state index in [2.05, 4.69) is 48.3 Å². The Morgan fingerprint density at radius 2 is 2.16 bits per heavy atom. The first kappa shape index (κ1) is 13.1. The van der Waals surface area contributed by atoms with Crippen LogP contribution in [0, 0.1) is 5.92 Å². The molecule has 1 aromatic rings. The van der Waals surface area contributed by atoms with Crippen molar-refractivity contribution in [3.63, 3.8) is 0 Å². The van der Waals surface area contributed by atoms with Crippen molar-refractivity contribution in [2.45, 2.75) is 45.2 Å². The zero-order chi connectivity index (χ0) is 13.2. The van der Waals surface area contributed by atoms with E-state index in [1.165, 1.54) is 31.5 Å². The summed E-state index contributed by atoms with van der Waals surface area (Å²) in [5.41, 5.74) is 3.08. The molecule has 2 atom stereocenters. The highest BCUT2D eigenvalue weighted by atomic mass is 15.2. The minimum atomic E-state index is 0.671. The summed E-state index contributed by atoms with van der Waals surface area (Å²) < 4.78 is 0. The van der Waals surface area contributed by atoms with Crippen LogP contribution < -0.4 is 5.32 Å². The van der Waals surface area contributed by atoms with E-state index < -0.39 is 0 Å². The molecule has 104 valence electrons. The summed E-state index contributed by atoms with van der Waals surface area (Å²) in [6.45, 7) is 9.44. The van der Waals surface area contributed by atoms with Gasteiger partial charge in [0, 0.05) is 31.6 Å². The average molecular weight is 258 g/mol. The molecule has 1 aromatic carbocycles. The SMILES string of the molecule is CC(C)C1CCCN1CC1CNCc2ccccc21. The van der Waals surface area contributed by atoms with E-state index in [0.29, 0.717) is 5.92 Å². The average Bonchev–Trinajstić information content (AvgIpc) is 2.87. The second-order valence-electron chi connectivity index (χ2n) is 6.48. The van der Waals surface area contributed by atoms with Crippen LogP contribution in [0.2, 0.25) is 0 Å². The van der Waals surface area contributed by atoms with Gasteiger partial charge in [0.15, 0.2) is 0 Å². The standard InChI is InChI=1S/C17H26N2/c1-13(2)17-8-5-9-19(17)12-15-11-18-10-14-6-3-4-7-16(14)15/h3-4,6-7,13,15,17-18H,5,8-12H2,1-2H3. The molecule has 19 heavy (non-hydrogen) atoms. The normalized spacial score (nSPS) is 27.7. The fraction of sp³-hybridized carbons (Fsp3) is 0.647. The quantitative estimate of drug-likeness (QED) is 0.896. The molecule has 1 saturated heterocycles. The van der Waals surface area contributed by atoms with Gasteiger partial charge in [-0.05, 0) is 36.4 Å². The van der Waals surface area contributed by atoms with Gasteiger partial charge >= 0.3 is 0 Å². The number of hydrogen-bond acceptors (Lipinski definition) is 2. The van der Waals surface area contributed by atoms with Crippen LogP contribution in [0.3, 0.4) is 0 Å². The lowest BCUT2D eigenvalue weighted by molar-refractivity contribution is 0.191. The first-order valence-corrected chi connectivity index (χ1v) is 7.78. The third-order valence-corrected chi connectivity index (χ3v) is 4.84. The van der Waals surface area contributed by atoms with Crippen LogP contribution in [0.5, 0.6) is 0 Å². The van der Waals surface area contributed by atoms with E-state index in [9.17, 15) is 0 Å². The van der Waals surface area contributed by atoms with Gasteiger partial charge in [-0.25, -0.2) is 0 Å². The maximum absolute atomic E-state index is 3.58. The van der Waals surface area contributed by atoms with Crippen molar-refractivity contribution in [3.05, 3.63) is 35.4 Å². The molecular formula is C17H26N2. The number of nitrogens with zero attached hydrogens (tertiary/aromatic N) is 1. The van der Waals surface area contributed by atoms with Crippen molar-refractivity contribution >= 4 is 0 Å². The summed E-state index contributed by atoms with van der Waals surface area (Å²) in [5.74, 6) is 1.46. The molecule has 3 rings (SSSR count). The highest BCUT2D eigenvalue weighted by molar-refractivity contribution is 5.33. The third kappa shape index (κ3) is 2.70. The highest BCUT2D eigenvalue weighted by Crippen LogP contribution is 2.29. The van der Waals surface area contributed by atoms with Gasteiger partial charge in [0.25, 0.3) is 0 Å². The molecule has 0 radical (unpaired) electrons. The van der Waals surface area contributed by atoms with Crippen LogP contribution >= 0.6 is 0 Å². The lowest BCUT2D eigenvalue weighted by atomic mass is 9.90. The molecule has 0 aromatic heterocycles. The Kier molecular flexibility index (Phi) is 3.90. The predicted molar refractivity (Wildman–Crippen MR) is 80.3 cm³/mol. The van der Waals surface area contributed by atoms with Gasteiger partial charge in [0.05, 0.1) is 0 Å². The number of nitrogens with one attached hydrogen (secondary N) is 1. The monoisotopic (exact) mass is 258 g/mol. The molecule has 1 fully saturated rings. The van der Waals surface area contributed by atoms with Gasteiger partial charge in [0.2, 0.25) is 0 Å². The molecule has 2 nitrogen and oxygen atoms in total. The molecular weight excluding hydrogens is 232 g/mol. The minimum absolute atomic E-state index is 0.671. The van der Waals surface area contributed by atoms with Crippen molar-refractivity contribution in [2.24, 2.45) is 5.92 Å². The lowest BCUT2D eigenvalue weighted by Crippen LogP contribution is -2.40. The van der Waals surface area contributed by atoms with E-state index in [1.807, 2.05) is 0 Å². The summed E-state index contributed by atoms with van der Waals surface area (Å²) in [4.78, 5) is 2.74. The van der Waals surface area contributed by atoms with Crippen LogP contribution in [0.1, 0.15) is 43.7 Å². The van der Waals surface area contributed by atoms with Crippen molar-refractivity contribution in [1.29, 1.82) is 0 Å². The van der Waals surface area contributed by atoms with Gasteiger partial charge in [-0.2, -0.15) is 0 Å². The number of fused-ring (bicyclic) bond motifs is 1. The van der Waals surface area contributed by atoms with Gasteiger partial charge in [-0.3, -0.25) is 4.90 Å². The summed E-state index contributed by atoms with van der Waals surface area (Å²) in [7, 11) is 0. The summed E-state index contributed by atoms with van der Waals surface area (Å²) in [6, 6.07) is 9.77. The Bertz CT molecular complexity index is 427. The molecule has 0 saturated carbocycles. The maximum Gasteiger partial charge on any atom is 0.0208 e. The largest absolute Gasteiger partial charge is 0.312 e. The van der Waals surface area contributed by atoms with E-state index in [0.717, 1.165) is 25.0 Å². The Balaban J connectivity index is 1.74. The molecule has 0 bridgehead atoms. The molecule has 0 aliphatic carbocycles. The maximum atomic E-state index is 3.58. The first-order chi connectivity index (χ1) is 9.25. The minimum Gasteiger partial charge on any atom is -0.312 e. The first-order valence-electron chi connectivity index (χ1n) is 7.78. The molecule has 2 aliphatic rings. The molecule has 0 spiro atoms. The van der Waals surface area contributed by atoms with Crippen LogP contribution in [-0.4, -0.2) is 30.6 Å². The highest BCUT2D eigenvalue weighted by Gasteiger charge is 2.30. The summed E-state index contributed by atoms with van der Waals surface area (Å²) in [5, 5.41) is 3.58. The predicted octanol–water partition coefficient (Wildman–Crippen LogP) is 2.99. The van der Waals surface area contributed by atoms with Crippen LogP contribution in [0.4, 0.5) is 0 Å². The van der Waals surface area contributed by atoms with Gasteiger partial charge < -0.3 is 5.32 Å². The molecule has 2 aliphatic heterocycles. The Labute approximate surface area is 117 Å². The fourth-order valence-corrected chi connectivity index (χ4v) is 3.86. The fourth-order valence-electron chi connectivity index (χ4n) is 3.86. The number of benzene rings is 1. The summed E-state index contributed by atoms with van der Waals surface area (Å²) in [6.07, 6.45) is 2.77. The Morgan fingerprint density at radius 3 is 3.00 bits per heavy atom. The summed E-state index contributed by atoms with van der Waals surface area (Å²) >= 11 is 0. The van der Waals surface area contributed by atoms with Crippen LogP contribution in [0.25, 0.3) is 0 Å². The number of likely N-dealkylation sites (tertiary alicyclic amines) is 1. The molecule has 0 amide bonds. The zero-order valence-corrected chi connectivity index (χ0v) is 12.2. The molecule has 1 N–H and O–H groups in total. The second kappa shape index (κ2) is 5.64. The van der Waals surface area contributed by atoms with E-state index in [4.69, 9.17) is 0 Å². The molecule has 2 unspecified atom stereocenters. The van der Waals surface area contributed by atoms with Gasteiger partial charge in [-0.1, -0.05) is 38.1 Å². The number of rotatable bonds is 3. The van der Waals surface area contributed by atoms with E-state index >= 15 is 0 Å². The van der Waals surface area contributed by atoms with Gasteiger partial charge in [-0.15, -0.1) is 0 Å². The lowest BCUT2D eigenvalue weighted by Gasteiger charge is -2.34. The van der Waals surface area contributed by atoms with Crippen LogP contribution in [-0.2, 0) is 6.54 Å². The van der Waals surface area contributed by atoms with Crippen molar-refractivity contribution in [1.82, 2.24) is 10.2 Å². The smallest absolute Gasteiger partial charge is 0.0208 e. The van der Waals surface area contributed by atoms with Crippen molar-refractivity contribution in [3.8, 4) is 0 Å². The van der Waals surface area contributed by atoms with Gasteiger partial charge in [0.1, 0.15) is 0 Å². The van der Waals surface area contributed by atoms with E-state index in [-0.39, 0.29) is 0 Å². The van der Waals surface area contributed by atoms with E-state index in [1.54, 1.807) is 5.56 Å². The molecule has 2 heterocycles. The third-order valence-electron chi connectivity index (χ3n) is 4.84. The molecule has 2 heteroatoms. The Hall–Kier alpha value is -0.860. The van der Waals surface area contributed by atoms with Crippen molar-refractivity contribution < 1.29 is 0 Å². The zero-order valence-electron chi connectivity index (χ0n) is 12.2. The van der Waals surface area contributed by atoms with Crippen LogP contribution in [0.15, 0.2) is 24.3 Å². The van der Waals surface area contributed by atoms with Crippen molar-refractivity contribution in [2.75, 3.05) is 19.6 Å². The number of hydrogen-bond donors (Lipinski definition) is 1. The Morgan fingerprint density at radius 1 is 1.32 bits per heavy atom. The second-order valence-corrected chi connectivity index (χ2v) is 6.48. The topological polar surface area (TPSA) is 15.3 Å².